The first-order valence-electron chi connectivity index (χ1n) is 13.4. The van der Waals surface area contributed by atoms with Crippen LogP contribution in [-0.2, 0) is 30.4 Å². The number of aromatic nitrogens is 1. The summed E-state index contributed by atoms with van der Waals surface area (Å²) in [6.45, 7) is 7.31. The van der Waals surface area contributed by atoms with Crippen LogP contribution in [0, 0.1) is 11.8 Å². The molecular weight excluding hydrogens is 518 g/mol. The second kappa shape index (κ2) is 15.0. The number of carboxylic acids is 2. The average molecular weight is 560 g/mol. The SMILES string of the molecule is CC(C)CC(NC(=O)C(CCC(=O)O)NC(=O)C(CC(C)C)NC(=O)C(N)Cc1c[nH]c2ccccc12)C(=O)O. The zero-order valence-corrected chi connectivity index (χ0v) is 23.4. The average Bonchev–Trinajstić information content (AvgIpc) is 3.27. The fourth-order valence-corrected chi connectivity index (χ4v) is 4.39. The molecule has 0 saturated heterocycles. The summed E-state index contributed by atoms with van der Waals surface area (Å²) in [5.74, 6) is -4.53. The summed E-state index contributed by atoms with van der Waals surface area (Å²) in [5, 5.41) is 27.2. The topological polar surface area (TPSA) is 204 Å². The van der Waals surface area contributed by atoms with Crippen LogP contribution in [-0.4, -0.2) is 69.0 Å². The highest BCUT2D eigenvalue weighted by Gasteiger charge is 2.31. The van der Waals surface area contributed by atoms with Gasteiger partial charge >= 0.3 is 11.9 Å². The minimum Gasteiger partial charge on any atom is -0.481 e. The Labute approximate surface area is 233 Å². The quantitative estimate of drug-likeness (QED) is 0.160. The Morgan fingerprint density at radius 1 is 0.825 bits per heavy atom. The molecule has 0 aliphatic heterocycles. The van der Waals surface area contributed by atoms with E-state index in [0.29, 0.717) is 0 Å². The van der Waals surface area contributed by atoms with E-state index >= 15 is 0 Å². The lowest BCUT2D eigenvalue weighted by molar-refractivity contribution is -0.143. The van der Waals surface area contributed by atoms with Crippen LogP contribution in [0.4, 0.5) is 0 Å². The molecule has 0 bridgehead atoms. The summed E-state index contributed by atoms with van der Waals surface area (Å²) in [6.07, 6.45) is 1.70. The van der Waals surface area contributed by atoms with Gasteiger partial charge in [0, 0.05) is 23.5 Å². The summed E-state index contributed by atoms with van der Waals surface area (Å²) < 4.78 is 0. The number of aliphatic carboxylic acids is 2. The van der Waals surface area contributed by atoms with Crippen molar-refractivity contribution in [3.8, 4) is 0 Å². The monoisotopic (exact) mass is 559 g/mol. The van der Waals surface area contributed by atoms with Crippen molar-refractivity contribution in [3.05, 3.63) is 36.0 Å². The van der Waals surface area contributed by atoms with Gasteiger partial charge in [0.1, 0.15) is 18.1 Å². The summed E-state index contributed by atoms with van der Waals surface area (Å²) in [4.78, 5) is 65.2. The van der Waals surface area contributed by atoms with Gasteiger partial charge in [-0.05, 0) is 49.1 Å². The molecule has 0 aliphatic carbocycles. The number of benzene rings is 1. The molecule has 4 unspecified atom stereocenters. The van der Waals surface area contributed by atoms with Crippen LogP contribution in [0.25, 0.3) is 10.9 Å². The van der Waals surface area contributed by atoms with Crippen LogP contribution >= 0.6 is 0 Å². The highest BCUT2D eigenvalue weighted by Crippen LogP contribution is 2.19. The van der Waals surface area contributed by atoms with Crippen molar-refractivity contribution in [2.75, 3.05) is 0 Å². The molecule has 4 atom stereocenters. The maximum atomic E-state index is 13.3. The number of para-hydroxylation sites is 1. The maximum absolute atomic E-state index is 13.3. The lowest BCUT2D eigenvalue weighted by Crippen LogP contribution is -2.57. The van der Waals surface area contributed by atoms with Gasteiger partial charge in [0.2, 0.25) is 17.7 Å². The molecule has 1 aromatic carbocycles. The number of fused-ring (bicyclic) bond motifs is 1. The van der Waals surface area contributed by atoms with Crippen molar-refractivity contribution in [1.29, 1.82) is 0 Å². The van der Waals surface area contributed by atoms with Crippen molar-refractivity contribution in [1.82, 2.24) is 20.9 Å². The minimum atomic E-state index is -1.32. The molecule has 0 aliphatic rings. The number of amides is 3. The molecule has 0 spiro atoms. The molecule has 0 saturated carbocycles. The number of nitrogens with one attached hydrogen (secondary N) is 4. The molecular formula is C28H41N5O7. The van der Waals surface area contributed by atoms with Crippen LogP contribution in [0.2, 0.25) is 0 Å². The Morgan fingerprint density at radius 3 is 1.98 bits per heavy atom. The molecule has 1 aromatic heterocycles. The van der Waals surface area contributed by atoms with E-state index in [0.717, 1.165) is 16.5 Å². The Morgan fingerprint density at radius 2 is 1.38 bits per heavy atom. The zero-order valence-electron chi connectivity index (χ0n) is 23.4. The van der Waals surface area contributed by atoms with Crippen LogP contribution in [0.1, 0.15) is 58.9 Å². The summed E-state index contributed by atoms with van der Waals surface area (Å²) in [6, 6.07) is 3.07. The third-order valence-electron chi connectivity index (χ3n) is 6.39. The van der Waals surface area contributed by atoms with E-state index in [1.807, 2.05) is 38.1 Å². The molecule has 12 nitrogen and oxygen atoms in total. The van der Waals surface area contributed by atoms with Gasteiger partial charge in [-0.25, -0.2) is 4.79 Å². The second-order valence-electron chi connectivity index (χ2n) is 10.9. The van der Waals surface area contributed by atoms with E-state index < -0.39 is 60.2 Å². The highest BCUT2D eigenvalue weighted by atomic mass is 16.4. The van der Waals surface area contributed by atoms with Gasteiger partial charge in [0.05, 0.1) is 6.04 Å². The largest absolute Gasteiger partial charge is 0.481 e. The lowest BCUT2D eigenvalue weighted by atomic mass is 10.00. The van der Waals surface area contributed by atoms with E-state index in [-0.39, 0.29) is 37.5 Å². The van der Waals surface area contributed by atoms with E-state index in [1.54, 1.807) is 20.0 Å². The van der Waals surface area contributed by atoms with Crippen LogP contribution in [0.15, 0.2) is 30.5 Å². The van der Waals surface area contributed by atoms with Crippen LogP contribution in [0.3, 0.4) is 0 Å². The van der Waals surface area contributed by atoms with Gasteiger partial charge in [-0.3, -0.25) is 19.2 Å². The number of hydrogen-bond acceptors (Lipinski definition) is 6. The minimum absolute atomic E-state index is 0.0189. The Bertz CT molecular complexity index is 1190. The number of H-pyrrole nitrogens is 1. The van der Waals surface area contributed by atoms with Crippen molar-refractivity contribution in [3.63, 3.8) is 0 Å². The lowest BCUT2D eigenvalue weighted by Gasteiger charge is -2.26. The molecule has 2 rings (SSSR count). The molecule has 8 N–H and O–H groups in total. The van der Waals surface area contributed by atoms with E-state index in [2.05, 4.69) is 20.9 Å². The first kappa shape index (κ1) is 32.3. The third-order valence-corrected chi connectivity index (χ3v) is 6.39. The van der Waals surface area contributed by atoms with Crippen molar-refractivity contribution < 1.29 is 34.2 Å². The molecule has 0 radical (unpaired) electrons. The van der Waals surface area contributed by atoms with Crippen molar-refractivity contribution in [2.24, 2.45) is 17.6 Å². The number of hydrogen-bond donors (Lipinski definition) is 7. The number of carbonyl (C=O) groups excluding carboxylic acids is 3. The molecule has 3 amide bonds. The molecule has 220 valence electrons. The maximum Gasteiger partial charge on any atom is 0.326 e. The van der Waals surface area contributed by atoms with E-state index in [1.165, 1.54) is 0 Å². The van der Waals surface area contributed by atoms with Gasteiger partial charge in [0.25, 0.3) is 0 Å². The van der Waals surface area contributed by atoms with Crippen LogP contribution < -0.4 is 21.7 Å². The van der Waals surface area contributed by atoms with Gasteiger partial charge in [-0.1, -0.05) is 45.9 Å². The summed E-state index contributed by atoms with van der Waals surface area (Å²) >= 11 is 0. The first-order valence-corrected chi connectivity index (χ1v) is 13.4. The molecule has 1 heterocycles. The Kier molecular flexibility index (Phi) is 12.1. The molecule has 12 heteroatoms. The van der Waals surface area contributed by atoms with Crippen LogP contribution in [0.5, 0.6) is 0 Å². The third kappa shape index (κ3) is 9.99. The summed E-state index contributed by atoms with van der Waals surface area (Å²) in [7, 11) is 0. The highest BCUT2D eigenvalue weighted by molar-refractivity contribution is 5.94. The second-order valence-corrected chi connectivity index (χ2v) is 10.9. The fourth-order valence-electron chi connectivity index (χ4n) is 4.39. The van der Waals surface area contributed by atoms with E-state index in [9.17, 15) is 29.1 Å². The molecule has 2 aromatic rings. The van der Waals surface area contributed by atoms with E-state index in [4.69, 9.17) is 10.8 Å². The standard InChI is InChI=1S/C28H41N5O7/c1-15(2)11-22(32-25(36)19(29)13-17-14-30-20-8-6-5-7-18(17)20)27(38)31-21(9-10-24(34)35)26(37)33-23(28(39)40)12-16(3)4/h5-8,14-16,19,21-23,30H,9-13,29H2,1-4H3,(H,31,38)(H,32,36)(H,33,37)(H,34,35)(H,39,40). The normalized spacial score (nSPS) is 14.4. The zero-order chi connectivity index (χ0) is 30.0. The van der Waals surface area contributed by atoms with Crippen molar-refractivity contribution >= 4 is 40.6 Å². The molecule has 40 heavy (non-hydrogen) atoms. The fraction of sp³-hybridized carbons (Fsp3) is 0.536. The smallest absolute Gasteiger partial charge is 0.326 e. The number of aromatic amines is 1. The summed E-state index contributed by atoms with van der Waals surface area (Å²) in [5.41, 5.74) is 7.95. The number of rotatable bonds is 16. The van der Waals surface area contributed by atoms with Gasteiger partial charge in [-0.2, -0.15) is 0 Å². The predicted molar refractivity (Wildman–Crippen MR) is 149 cm³/mol. The predicted octanol–water partition coefficient (Wildman–Crippen LogP) is 1.53. The first-order chi connectivity index (χ1) is 18.8. The number of carboxylic acid groups (broad SMARTS) is 2. The van der Waals surface area contributed by atoms with Gasteiger partial charge < -0.3 is 36.9 Å². The number of nitrogens with two attached hydrogens (primary N) is 1. The molecule has 0 fully saturated rings. The van der Waals surface area contributed by atoms with Gasteiger partial charge in [0.15, 0.2) is 0 Å². The van der Waals surface area contributed by atoms with Gasteiger partial charge in [-0.15, -0.1) is 0 Å². The Hall–Kier alpha value is -3.93. The van der Waals surface area contributed by atoms with Crippen molar-refractivity contribution in [2.45, 2.75) is 84.0 Å². The Balaban J connectivity index is 2.15. The number of carbonyl (C=O) groups is 5.